The highest BCUT2D eigenvalue weighted by Gasteiger charge is 2.29. The molecular formula is C44H31NO. The highest BCUT2D eigenvalue weighted by molar-refractivity contribution is 6.24. The van der Waals surface area contributed by atoms with Crippen LogP contribution in [0.2, 0.25) is 0 Å². The molecule has 1 aliphatic carbocycles. The molecule has 7 aromatic carbocycles. The molecule has 2 nitrogen and oxygen atoms in total. The lowest BCUT2D eigenvalue weighted by Gasteiger charge is -2.26. The molecule has 0 unspecified atom stereocenters. The lowest BCUT2D eigenvalue weighted by atomic mass is 9.95. The topological polar surface area (TPSA) is 20.3 Å². The Labute approximate surface area is 269 Å². The summed E-state index contributed by atoms with van der Waals surface area (Å²) in [7, 11) is 0. The summed E-state index contributed by atoms with van der Waals surface area (Å²) in [6.07, 6.45) is 0. The summed E-state index contributed by atoms with van der Waals surface area (Å²) in [5, 5.41) is 0. The van der Waals surface area contributed by atoms with Gasteiger partial charge in [-0.1, -0.05) is 133 Å². The van der Waals surface area contributed by atoms with Gasteiger partial charge in [0.15, 0.2) is 5.78 Å². The van der Waals surface area contributed by atoms with Gasteiger partial charge in [0.2, 0.25) is 0 Å². The molecule has 46 heavy (non-hydrogen) atoms. The van der Waals surface area contributed by atoms with Crippen molar-refractivity contribution in [2.45, 2.75) is 6.92 Å². The molecule has 0 atom stereocenters. The van der Waals surface area contributed by atoms with Gasteiger partial charge < -0.3 is 4.90 Å². The van der Waals surface area contributed by atoms with Crippen molar-refractivity contribution in [3.63, 3.8) is 0 Å². The Morgan fingerprint density at radius 1 is 0.370 bits per heavy atom. The Hall–Kier alpha value is -5.99. The number of fused-ring (bicyclic) bond motifs is 3. The van der Waals surface area contributed by atoms with Crippen molar-refractivity contribution in [2.75, 3.05) is 4.90 Å². The maximum Gasteiger partial charge on any atom is 0.194 e. The van der Waals surface area contributed by atoms with Crippen molar-refractivity contribution >= 4 is 22.8 Å². The van der Waals surface area contributed by atoms with Gasteiger partial charge in [-0.3, -0.25) is 4.79 Å². The third-order valence-electron chi connectivity index (χ3n) is 8.90. The van der Waals surface area contributed by atoms with Gasteiger partial charge >= 0.3 is 0 Å². The van der Waals surface area contributed by atoms with Crippen LogP contribution >= 0.6 is 0 Å². The van der Waals surface area contributed by atoms with E-state index in [1.54, 1.807) is 0 Å². The van der Waals surface area contributed by atoms with Crippen LogP contribution in [-0.2, 0) is 0 Å². The molecule has 0 N–H and O–H groups in total. The number of hydrogen-bond donors (Lipinski definition) is 0. The van der Waals surface area contributed by atoms with E-state index < -0.39 is 0 Å². The van der Waals surface area contributed by atoms with Crippen LogP contribution in [0, 0.1) is 6.92 Å². The Bertz CT molecular complexity index is 2100. The number of rotatable bonds is 6. The second kappa shape index (κ2) is 11.5. The van der Waals surface area contributed by atoms with Crippen LogP contribution in [0.25, 0.3) is 44.5 Å². The number of nitrogens with zero attached hydrogens (tertiary/aromatic N) is 1. The lowest BCUT2D eigenvalue weighted by Crippen LogP contribution is -2.09. The number of anilines is 3. The van der Waals surface area contributed by atoms with Gasteiger partial charge in [0.05, 0.1) is 0 Å². The summed E-state index contributed by atoms with van der Waals surface area (Å²) in [6, 6.07) is 59.3. The second-order valence-electron chi connectivity index (χ2n) is 11.8. The van der Waals surface area contributed by atoms with Crippen molar-refractivity contribution in [2.24, 2.45) is 0 Å². The molecular weight excluding hydrogens is 558 g/mol. The first-order valence-corrected chi connectivity index (χ1v) is 15.6. The molecule has 0 spiro atoms. The molecule has 0 aromatic heterocycles. The first-order valence-electron chi connectivity index (χ1n) is 15.6. The lowest BCUT2D eigenvalue weighted by molar-refractivity contribution is 0.104. The van der Waals surface area contributed by atoms with E-state index in [9.17, 15) is 4.79 Å². The molecule has 0 bridgehead atoms. The molecule has 2 heteroatoms. The highest BCUT2D eigenvalue weighted by atomic mass is 16.1. The fourth-order valence-electron chi connectivity index (χ4n) is 6.58. The van der Waals surface area contributed by atoms with E-state index in [1.807, 2.05) is 25.1 Å². The third kappa shape index (κ3) is 4.91. The van der Waals surface area contributed by atoms with E-state index in [2.05, 4.69) is 157 Å². The standard InChI is InChI=1S/C44H31NO/c1-30-15-28-40-41-14-8-13-39(43(41)44(46)42(40)29-30)35-20-26-38(27-21-35)45(36-22-16-33(17-23-36)31-9-4-2-5-10-31)37-24-18-34(19-25-37)32-11-6-3-7-12-32/h2-29H,1H3. The van der Waals surface area contributed by atoms with E-state index in [1.165, 1.54) is 22.3 Å². The number of aryl methyl sites for hydroxylation is 1. The van der Waals surface area contributed by atoms with Crippen LogP contribution in [0.1, 0.15) is 21.5 Å². The minimum Gasteiger partial charge on any atom is -0.311 e. The minimum absolute atomic E-state index is 0.104. The fourth-order valence-corrected chi connectivity index (χ4v) is 6.58. The van der Waals surface area contributed by atoms with E-state index in [-0.39, 0.29) is 5.78 Å². The molecule has 7 aromatic rings. The Kier molecular flexibility index (Phi) is 6.89. The van der Waals surface area contributed by atoms with E-state index in [0.717, 1.165) is 56.0 Å². The highest BCUT2D eigenvalue weighted by Crippen LogP contribution is 2.43. The van der Waals surface area contributed by atoms with Crippen LogP contribution in [0.3, 0.4) is 0 Å². The van der Waals surface area contributed by atoms with Crippen LogP contribution in [-0.4, -0.2) is 5.78 Å². The van der Waals surface area contributed by atoms with Crippen molar-refractivity contribution in [1.29, 1.82) is 0 Å². The monoisotopic (exact) mass is 589 g/mol. The zero-order valence-electron chi connectivity index (χ0n) is 25.5. The zero-order valence-corrected chi connectivity index (χ0v) is 25.5. The fraction of sp³-hybridized carbons (Fsp3) is 0.0227. The predicted molar refractivity (Wildman–Crippen MR) is 191 cm³/mol. The van der Waals surface area contributed by atoms with Crippen molar-refractivity contribution in [1.82, 2.24) is 0 Å². The molecule has 1 aliphatic rings. The first-order chi connectivity index (χ1) is 22.6. The maximum atomic E-state index is 13.6. The predicted octanol–water partition coefficient (Wildman–Crippen LogP) is 11.7. The van der Waals surface area contributed by atoms with Crippen LogP contribution in [0.15, 0.2) is 170 Å². The summed E-state index contributed by atoms with van der Waals surface area (Å²) in [5.41, 5.74) is 14.6. The molecule has 8 rings (SSSR count). The SMILES string of the molecule is Cc1ccc2c(c1)C(=O)c1c(-c3ccc(N(c4ccc(-c5ccccc5)cc4)c4ccc(-c5ccccc5)cc4)cc3)cccc1-2. The van der Waals surface area contributed by atoms with E-state index in [0.29, 0.717) is 0 Å². The van der Waals surface area contributed by atoms with E-state index in [4.69, 9.17) is 0 Å². The van der Waals surface area contributed by atoms with Crippen molar-refractivity contribution in [3.8, 4) is 44.5 Å². The number of carbonyl (C=O) groups is 1. The van der Waals surface area contributed by atoms with Gasteiger partial charge in [0.25, 0.3) is 0 Å². The average molecular weight is 590 g/mol. The Morgan fingerprint density at radius 3 is 1.35 bits per heavy atom. The Balaban J connectivity index is 1.18. The number of carbonyl (C=O) groups excluding carboxylic acids is 1. The summed E-state index contributed by atoms with van der Waals surface area (Å²) in [4.78, 5) is 15.9. The van der Waals surface area contributed by atoms with Gasteiger partial charge in [-0.25, -0.2) is 0 Å². The molecule has 218 valence electrons. The van der Waals surface area contributed by atoms with Gasteiger partial charge in [-0.05, 0) is 93.9 Å². The molecule has 0 radical (unpaired) electrons. The molecule has 0 fully saturated rings. The molecule has 0 amide bonds. The summed E-state index contributed by atoms with van der Waals surface area (Å²) in [5.74, 6) is 0.104. The summed E-state index contributed by atoms with van der Waals surface area (Å²) >= 11 is 0. The van der Waals surface area contributed by atoms with Crippen LogP contribution < -0.4 is 4.90 Å². The quantitative estimate of drug-likeness (QED) is 0.192. The third-order valence-corrected chi connectivity index (χ3v) is 8.90. The smallest absolute Gasteiger partial charge is 0.194 e. The van der Waals surface area contributed by atoms with Gasteiger partial charge in [-0.2, -0.15) is 0 Å². The zero-order chi connectivity index (χ0) is 31.0. The van der Waals surface area contributed by atoms with Crippen molar-refractivity contribution in [3.05, 3.63) is 187 Å². The normalized spacial score (nSPS) is 11.6. The second-order valence-corrected chi connectivity index (χ2v) is 11.8. The van der Waals surface area contributed by atoms with Gasteiger partial charge in [0, 0.05) is 28.2 Å². The summed E-state index contributed by atoms with van der Waals surface area (Å²) in [6.45, 7) is 2.03. The minimum atomic E-state index is 0.104. The van der Waals surface area contributed by atoms with Crippen molar-refractivity contribution < 1.29 is 4.79 Å². The van der Waals surface area contributed by atoms with Crippen LogP contribution in [0.4, 0.5) is 17.1 Å². The molecule has 0 aliphatic heterocycles. The molecule has 0 saturated carbocycles. The number of ketones is 1. The molecule has 0 heterocycles. The van der Waals surface area contributed by atoms with Gasteiger partial charge in [-0.15, -0.1) is 0 Å². The van der Waals surface area contributed by atoms with Gasteiger partial charge in [0.1, 0.15) is 0 Å². The van der Waals surface area contributed by atoms with Crippen LogP contribution in [0.5, 0.6) is 0 Å². The van der Waals surface area contributed by atoms with E-state index >= 15 is 0 Å². The number of hydrogen-bond acceptors (Lipinski definition) is 2. The largest absolute Gasteiger partial charge is 0.311 e. The maximum absolute atomic E-state index is 13.6. The Morgan fingerprint density at radius 2 is 0.826 bits per heavy atom. The summed E-state index contributed by atoms with van der Waals surface area (Å²) < 4.78 is 0. The first kappa shape index (κ1) is 27.6. The molecule has 0 saturated heterocycles. The average Bonchev–Trinajstić information content (AvgIpc) is 3.41. The number of benzene rings is 7.